The fourth-order valence-corrected chi connectivity index (χ4v) is 2.37. The van der Waals surface area contributed by atoms with Crippen molar-refractivity contribution >= 4 is 22.6 Å². The summed E-state index contributed by atoms with van der Waals surface area (Å²) in [6.07, 6.45) is 1.11. The number of aliphatic hydroxyl groups is 1. The number of para-hydroxylation sites is 2. The maximum atomic E-state index is 10.1. The summed E-state index contributed by atoms with van der Waals surface area (Å²) in [6, 6.07) is 14.9. The molecule has 5 heteroatoms. The van der Waals surface area contributed by atoms with E-state index in [4.69, 9.17) is 16.3 Å². The third-order valence-electron chi connectivity index (χ3n) is 3.17. The van der Waals surface area contributed by atoms with Gasteiger partial charge < -0.3 is 14.4 Å². The molecule has 0 amide bonds. The monoisotopic (exact) mass is 302 g/mol. The number of hydrogen-bond donors (Lipinski definition) is 1. The first-order valence-corrected chi connectivity index (χ1v) is 7.06. The second-order valence-electron chi connectivity index (χ2n) is 4.81. The Bertz CT molecular complexity index is 742. The number of aromatic nitrogens is 2. The Hall–Kier alpha value is -2.04. The lowest BCUT2D eigenvalue weighted by molar-refractivity contribution is 0.0934. The molecule has 3 aromatic rings. The predicted molar refractivity (Wildman–Crippen MR) is 82.7 cm³/mol. The molecule has 0 aliphatic heterocycles. The van der Waals surface area contributed by atoms with E-state index in [0.29, 0.717) is 17.3 Å². The maximum absolute atomic E-state index is 10.1. The van der Waals surface area contributed by atoms with E-state index in [2.05, 4.69) is 4.98 Å². The fourth-order valence-electron chi connectivity index (χ4n) is 2.18. The third-order valence-corrected chi connectivity index (χ3v) is 3.41. The number of rotatable bonds is 5. The van der Waals surface area contributed by atoms with Gasteiger partial charge in [0.05, 0.1) is 23.9 Å². The minimum Gasteiger partial charge on any atom is -0.491 e. The van der Waals surface area contributed by atoms with E-state index in [0.717, 1.165) is 11.0 Å². The minimum absolute atomic E-state index is 0.201. The quantitative estimate of drug-likeness (QED) is 0.787. The van der Waals surface area contributed by atoms with Crippen LogP contribution in [0.15, 0.2) is 54.9 Å². The van der Waals surface area contributed by atoms with Gasteiger partial charge in [-0.1, -0.05) is 29.8 Å². The summed E-state index contributed by atoms with van der Waals surface area (Å²) in [6.45, 7) is 0.633. The molecule has 1 heterocycles. The summed E-state index contributed by atoms with van der Waals surface area (Å²) >= 11 is 5.89. The van der Waals surface area contributed by atoms with Crippen LogP contribution in [-0.2, 0) is 6.54 Å². The van der Waals surface area contributed by atoms with Crippen molar-refractivity contribution in [3.8, 4) is 5.75 Å². The van der Waals surface area contributed by atoms with Gasteiger partial charge in [-0.25, -0.2) is 4.98 Å². The molecule has 0 spiro atoms. The van der Waals surface area contributed by atoms with Crippen LogP contribution in [0.25, 0.3) is 11.0 Å². The average Bonchev–Trinajstić information content (AvgIpc) is 2.89. The molecule has 0 bridgehead atoms. The number of nitrogens with zero attached hydrogens (tertiary/aromatic N) is 2. The molecule has 21 heavy (non-hydrogen) atoms. The first kappa shape index (κ1) is 13.9. The molecule has 0 unspecified atom stereocenters. The largest absolute Gasteiger partial charge is 0.491 e. The van der Waals surface area contributed by atoms with Crippen LogP contribution >= 0.6 is 11.6 Å². The standard InChI is InChI=1S/C16H15ClN2O2/c17-12-4-3-5-14(8-12)21-10-13(20)9-19-11-18-15-6-1-2-7-16(15)19/h1-8,11,13,20H,9-10H2/t13-/m1/s1. The minimum atomic E-state index is -0.624. The maximum Gasteiger partial charge on any atom is 0.120 e. The summed E-state index contributed by atoms with van der Waals surface area (Å²) in [5.74, 6) is 0.650. The van der Waals surface area contributed by atoms with E-state index < -0.39 is 6.10 Å². The summed E-state index contributed by atoms with van der Waals surface area (Å²) in [7, 11) is 0. The number of halogens is 1. The molecule has 3 rings (SSSR count). The SMILES string of the molecule is O[C@@H](COc1cccc(Cl)c1)Cn1cnc2ccccc21. The van der Waals surface area contributed by atoms with Crippen LogP contribution < -0.4 is 4.74 Å². The number of fused-ring (bicyclic) bond motifs is 1. The van der Waals surface area contributed by atoms with Crippen LogP contribution in [0, 0.1) is 0 Å². The fraction of sp³-hybridized carbons (Fsp3) is 0.188. The highest BCUT2D eigenvalue weighted by molar-refractivity contribution is 6.30. The topological polar surface area (TPSA) is 47.3 Å². The van der Waals surface area contributed by atoms with Crippen LogP contribution in [0.5, 0.6) is 5.75 Å². The van der Waals surface area contributed by atoms with Crippen molar-refractivity contribution in [1.82, 2.24) is 9.55 Å². The highest BCUT2D eigenvalue weighted by atomic mass is 35.5. The zero-order chi connectivity index (χ0) is 14.7. The van der Waals surface area contributed by atoms with Gasteiger partial charge in [0.1, 0.15) is 18.5 Å². The summed E-state index contributed by atoms with van der Waals surface area (Å²) < 4.78 is 7.46. The van der Waals surface area contributed by atoms with Gasteiger partial charge in [-0.2, -0.15) is 0 Å². The van der Waals surface area contributed by atoms with Crippen LogP contribution in [0.4, 0.5) is 0 Å². The van der Waals surface area contributed by atoms with Gasteiger partial charge in [0.2, 0.25) is 0 Å². The molecule has 4 nitrogen and oxygen atoms in total. The predicted octanol–water partition coefficient (Wildman–Crippen LogP) is 3.13. The van der Waals surface area contributed by atoms with Crippen molar-refractivity contribution in [2.45, 2.75) is 12.6 Å². The number of hydrogen-bond acceptors (Lipinski definition) is 3. The van der Waals surface area contributed by atoms with Crippen molar-refractivity contribution in [3.63, 3.8) is 0 Å². The van der Waals surface area contributed by atoms with E-state index in [-0.39, 0.29) is 6.61 Å². The average molecular weight is 303 g/mol. The van der Waals surface area contributed by atoms with E-state index in [1.54, 1.807) is 18.5 Å². The molecule has 0 saturated heterocycles. The molecule has 2 aromatic carbocycles. The molecular formula is C16H15ClN2O2. The number of aliphatic hydroxyl groups excluding tert-OH is 1. The van der Waals surface area contributed by atoms with Gasteiger partial charge >= 0.3 is 0 Å². The second-order valence-corrected chi connectivity index (χ2v) is 5.24. The Morgan fingerprint density at radius 2 is 2.05 bits per heavy atom. The van der Waals surface area contributed by atoms with Gasteiger partial charge in [-0.3, -0.25) is 0 Å². The Labute approximate surface area is 127 Å². The number of benzene rings is 2. The van der Waals surface area contributed by atoms with Crippen LogP contribution in [0.1, 0.15) is 0 Å². The molecule has 0 aliphatic carbocycles. The first-order valence-electron chi connectivity index (χ1n) is 6.69. The van der Waals surface area contributed by atoms with Gasteiger partial charge in [0.25, 0.3) is 0 Å². The molecule has 1 atom stereocenters. The lowest BCUT2D eigenvalue weighted by Crippen LogP contribution is -2.23. The molecule has 1 aromatic heterocycles. The molecule has 0 aliphatic rings. The van der Waals surface area contributed by atoms with E-state index in [1.807, 2.05) is 41.0 Å². The van der Waals surface area contributed by atoms with Gasteiger partial charge in [0, 0.05) is 5.02 Å². The zero-order valence-electron chi connectivity index (χ0n) is 11.3. The molecule has 0 radical (unpaired) electrons. The molecule has 0 saturated carbocycles. The Morgan fingerprint density at radius 3 is 2.90 bits per heavy atom. The molecule has 108 valence electrons. The second kappa shape index (κ2) is 6.16. The van der Waals surface area contributed by atoms with Gasteiger partial charge in [-0.05, 0) is 30.3 Å². The zero-order valence-corrected chi connectivity index (χ0v) is 12.1. The lowest BCUT2D eigenvalue weighted by atomic mass is 10.3. The summed E-state index contributed by atoms with van der Waals surface area (Å²) in [4.78, 5) is 4.30. The molecule has 0 fully saturated rings. The third kappa shape index (κ3) is 3.35. The lowest BCUT2D eigenvalue weighted by Gasteiger charge is -2.13. The normalized spacial score (nSPS) is 12.5. The smallest absolute Gasteiger partial charge is 0.120 e. The van der Waals surface area contributed by atoms with Crippen molar-refractivity contribution in [3.05, 3.63) is 59.9 Å². The van der Waals surface area contributed by atoms with Crippen molar-refractivity contribution in [2.24, 2.45) is 0 Å². The summed E-state index contributed by atoms with van der Waals surface area (Å²) in [5, 5.41) is 10.7. The molecular weight excluding hydrogens is 288 g/mol. The highest BCUT2D eigenvalue weighted by Crippen LogP contribution is 2.17. The van der Waals surface area contributed by atoms with Crippen LogP contribution in [-0.4, -0.2) is 27.4 Å². The van der Waals surface area contributed by atoms with Crippen molar-refractivity contribution < 1.29 is 9.84 Å². The first-order chi connectivity index (χ1) is 10.2. The number of imidazole rings is 1. The van der Waals surface area contributed by atoms with Crippen LogP contribution in [0.3, 0.4) is 0 Å². The Morgan fingerprint density at radius 1 is 1.19 bits per heavy atom. The Kier molecular flexibility index (Phi) is 4.08. The van der Waals surface area contributed by atoms with E-state index >= 15 is 0 Å². The van der Waals surface area contributed by atoms with Crippen LogP contribution in [0.2, 0.25) is 5.02 Å². The van der Waals surface area contributed by atoms with Gasteiger partial charge in [0.15, 0.2) is 0 Å². The highest BCUT2D eigenvalue weighted by Gasteiger charge is 2.09. The van der Waals surface area contributed by atoms with E-state index in [9.17, 15) is 5.11 Å². The van der Waals surface area contributed by atoms with E-state index in [1.165, 1.54) is 0 Å². The Balaban J connectivity index is 1.62. The molecule has 1 N–H and O–H groups in total. The van der Waals surface area contributed by atoms with Crippen molar-refractivity contribution in [2.75, 3.05) is 6.61 Å². The summed E-state index contributed by atoms with van der Waals surface area (Å²) in [5.41, 5.74) is 1.92. The van der Waals surface area contributed by atoms with Gasteiger partial charge in [-0.15, -0.1) is 0 Å². The van der Waals surface area contributed by atoms with Crippen molar-refractivity contribution in [1.29, 1.82) is 0 Å². The number of ether oxygens (including phenoxy) is 1.